The number of carbonyl (C=O) groups excluding carboxylic acids is 5. The van der Waals surface area contributed by atoms with E-state index >= 15 is 0 Å². The first-order valence-corrected chi connectivity index (χ1v) is 14.8. The Labute approximate surface area is 255 Å². The van der Waals surface area contributed by atoms with E-state index in [0.29, 0.717) is 13.0 Å². The van der Waals surface area contributed by atoms with Gasteiger partial charge in [-0.2, -0.15) is 0 Å². The van der Waals surface area contributed by atoms with Crippen LogP contribution in [0.5, 0.6) is 0 Å². The molecule has 1 aromatic rings. The number of benzene rings is 1. The molecule has 0 heterocycles. The van der Waals surface area contributed by atoms with Gasteiger partial charge >= 0.3 is 6.09 Å². The molecule has 0 bridgehead atoms. The molecule has 0 unspecified atom stereocenters. The Kier molecular flexibility index (Phi) is 15.2. The molecule has 0 radical (unpaired) electrons. The van der Waals surface area contributed by atoms with Gasteiger partial charge in [0.1, 0.15) is 17.7 Å². The Morgan fingerprint density at radius 1 is 0.860 bits per heavy atom. The highest BCUT2D eigenvalue weighted by Crippen LogP contribution is 2.17. The lowest BCUT2D eigenvalue weighted by Gasteiger charge is -2.30. The number of aliphatic hydroxyl groups is 1. The van der Waals surface area contributed by atoms with E-state index in [4.69, 9.17) is 10.5 Å². The van der Waals surface area contributed by atoms with E-state index in [0.717, 1.165) is 5.56 Å². The lowest BCUT2D eigenvalue weighted by Crippen LogP contribution is -2.55. The molecule has 1 aromatic carbocycles. The van der Waals surface area contributed by atoms with Gasteiger partial charge in [-0.1, -0.05) is 65.0 Å². The van der Waals surface area contributed by atoms with Gasteiger partial charge in [-0.05, 0) is 51.0 Å². The molecule has 43 heavy (non-hydrogen) atoms. The van der Waals surface area contributed by atoms with Gasteiger partial charge in [-0.3, -0.25) is 19.2 Å². The quantitative estimate of drug-likeness (QED) is 0.166. The zero-order valence-electron chi connectivity index (χ0n) is 26.7. The molecule has 0 aliphatic rings. The van der Waals surface area contributed by atoms with Crippen molar-refractivity contribution in [1.82, 2.24) is 21.3 Å². The van der Waals surface area contributed by atoms with Crippen molar-refractivity contribution in [2.45, 2.75) is 111 Å². The van der Waals surface area contributed by atoms with Crippen LogP contribution in [0.3, 0.4) is 0 Å². The average molecular weight is 606 g/mol. The van der Waals surface area contributed by atoms with Gasteiger partial charge in [-0.25, -0.2) is 4.79 Å². The summed E-state index contributed by atoms with van der Waals surface area (Å²) in [5, 5.41) is 21.8. The second-order valence-corrected chi connectivity index (χ2v) is 12.8. The largest absolute Gasteiger partial charge is 0.444 e. The molecule has 1 rings (SSSR count). The van der Waals surface area contributed by atoms with Crippen LogP contribution in [0.2, 0.25) is 0 Å². The van der Waals surface area contributed by atoms with Crippen LogP contribution in [-0.2, 0) is 30.5 Å². The van der Waals surface area contributed by atoms with Crippen LogP contribution in [0.25, 0.3) is 0 Å². The number of amides is 5. The van der Waals surface area contributed by atoms with Gasteiger partial charge in [0.15, 0.2) is 0 Å². The first-order chi connectivity index (χ1) is 19.9. The van der Waals surface area contributed by atoms with Crippen LogP contribution < -0.4 is 27.0 Å². The maximum Gasteiger partial charge on any atom is 0.408 e. The van der Waals surface area contributed by atoms with E-state index in [1.165, 1.54) is 0 Å². The molecule has 12 heteroatoms. The van der Waals surface area contributed by atoms with Crippen LogP contribution in [-0.4, -0.2) is 64.7 Å². The van der Waals surface area contributed by atoms with Gasteiger partial charge in [-0.15, -0.1) is 0 Å². The fourth-order valence-corrected chi connectivity index (χ4v) is 4.32. The summed E-state index contributed by atoms with van der Waals surface area (Å²) in [5.41, 5.74) is 5.40. The maximum atomic E-state index is 13.1. The van der Waals surface area contributed by atoms with Crippen molar-refractivity contribution in [3.05, 3.63) is 35.9 Å². The number of carbonyl (C=O) groups is 5. The minimum absolute atomic E-state index is 0.0140. The van der Waals surface area contributed by atoms with Crippen molar-refractivity contribution in [1.29, 1.82) is 0 Å². The zero-order chi connectivity index (χ0) is 32.9. The Balaban J connectivity index is 2.90. The van der Waals surface area contributed by atoms with E-state index in [-0.39, 0.29) is 24.2 Å². The van der Waals surface area contributed by atoms with E-state index in [1.807, 2.05) is 58.0 Å². The highest BCUT2D eigenvalue weighted by molar-refractivity contribution is 5.91. The summed E-state index contributed by atoms with van der Waals surface area (Å²) in [5.74, 6) is -3.11. The summed E-state index contributed by atoms with van der Waals surface area (Å²) in [6.45, 7) is 14.4. The van der Waals surface area contributed by atoms with Gasteiger partial charge in [0.25, 0.3) is 0 Å². The molecule has 0 aliphatic heterocycles. The van der Waals surface area contributed by atoms with Gasteiger partial charge in [0.05, 0.1) is 18.6 Å². The Bertz CT molecular complexity index is 1070. The number of nitrogens with two attached hydrogens (primary N) is 1. The van der Waals surface area contributed by atoms with Crippen LogP contribution in [0.15, 0.2) is 30.3 Å². The molecule has 0 aliphatic carbocycles. The predicted octanol–water partition coefficient (Wildman–Crippen LogP) is 2.13. The Hall–Kier alpha value is -3.67. The third-order valence-electron chi connectivity index (χ3n) is 6.53. The van der Waals surface area contributed by atoms with Gasteiger partial charge < -0.3 is 36.8 Å². The molecule has 12 nitrogen and oxygen atoms in total. The van der Waals surface area contributed by atoms with E-state index in [1.54, 1.807) is 27.7 Å². The van der Waals surface area contributed by atoms with Crippen LogP contribution in [0.4, 0.5) is 4.79 Å². The predicted molar refractivity (Wildman–Crippen MR) is 163 cm³/mol. The molecule has 5 amide bonds. The lowest BCUT2D eigenvalue weighted by molar-refractivity contribution is -0.132. The van der Waals surface area contributed by atoms with E-state index < -0.39 is 66.0 Å². The van der Waals surface area contributed by atoms with Crippen LogP contribution in [0, 0.1) is 17.8 Å². The highest BCUT2D eigenvalue weighted by Gasteiger charge is 2.32. The van der Waals surface area contributed by atoms with Crippen molar-refractivity contribution >= 4 is 29.7 Å². The number of hydrogen-bond donors (Lipinski definition) is 6. The number of ether oxygens (including phenoxy) is 1. The molecule has 242 valence electrons. The van der Waals surface area contributed by atoms with Gasteiger partial charge in [0.2, 0.25) is 23.6 Å². The number of alkyl carbamates (subject to hydrolysis) is 1. The lowest BCUT2D eigenvalue weighted by atomic mass is 9.91. The first-order valence-electron chi connectivity index (χ1n) is 14.8. The molecule has 0 aromatic heterocycles. The summed E-state index contributed by atoms with van der Waals surface area (Å²) >= 11 is 0. The van der Waals surface area contributed by atoms with Crippen molar-refractivity contribution in [2.24, 2.45) is 23.5 Å². The first kappa shape index (κ1) is 37.4. The second kappa shape index (κ2) is 17.4. The number of nitrogens with one attached hydrogen (secondary N) is 4. The fraction of sp³-hybridized carbons (Fsp3) is 0.645. The topological polar surface area (TPSA) is 189 Å². The number of aliphatic hydroxyl groups excluding tert-OH is 1. The monoisotopic (exact) mass is 605 g/mol. The number of rotatable bonds is 16. The molecular weight excluding hydrogens is 554 g/mol. The summed E-state index contributed by atoms with van der Waals surface area (Å²) in [7, 11) is 0. The van der Waals surface area contributed by atoms with Crippen LogP contribution in [0.1, 0.15) is 80.2 Å². The van der Waals surface area contributed by atoms with Crippen molar-refractivity contribution in [3.63, 3.8) is 0 Å². The van der Waals surface area contributed by atoms with Crippen molar-refractivity contribution in [3.8, 4) is 0 Å². The molecular formula is C31H51N5O7. The standard InChI is InChI=1S/C31H51N5O7/c1-18(2)14-22(34-28(40)23(16-25(32)38)35-30(42)43-31(6,7)8)24(37)15-20(5)27(39)36-26(19(3)4)29(41)33-17-21-12-10-9-11-13-21/h9-13,18-20,22-24,26,37H,14-17H2,1-8H3,(H2,32,38)(H,33,41)(H,34,40)(H,35,42)(H,36,39)/t20-,22+,23+,24+,26+/m1/s1. The smallest absolute Gasteiger partial charge is 0.408 e. The summed E-state index contributed by atoms with van der Waals surface area (Å²) < 4.78 is 5.19. The Morgan fingerprint density at radius 2 is 1.47 bits per heavy atom. The van der Waals surface area contributed by atoms with Crippen LogP contribution >= 0.6 is 0 Å². The zero-order valence-corrected chi connectivity index (χ0v) is 26.7. The maximum absolute atomic E-state index is 13.1. The van der Waals surface area contributed by atoms with Crippen molar-refractivity contribution < 1.29 is 33.8 Å². The normalized spacial score (nSPS) is 15.0. The SMILES string of the molecule is CC(C)C[C@H](NC(=O)[C@H](CC(N)=O)NC(=O)OC(C)(C)C)[C@@H](O)C[C@@H](C)C(=O)N[C@H](C(=O)NCc1ccccc1)C(C)C. The summed E-state index contributed by atoms with van der Waals surface area (Å²) in [6.07, 6.45) is -2.18. The molecule has 0 saturated carbocycles. The van der Waals surface area contributed by atoms with E-state index in [9.17, 15) is 29.1 Å². The minimum Gasteiger partial charge on any atom is -0.444 e. The summed E-state index contributed by atoms with van der Waals surface area (Å²) in [6, 6.07) is 6.52. The van der Waals surface area contributed by atoms with Gasteiger partial charge in [0, 0.05) is 12.5 Å². The third-order valence-corrected chi connectivity index (χ3v) is 6.53. The Morgan fingerprint density at radius 3 is 1.98 bits per heavy atom. The summed E-state index contributed by atoms with van der Waals surface area (Å²) in [4.78, 5) is 63.0. The molecule has 7 N–H and O–H groups in total. The van der Waals surface area contributed by atoms with E-state index in [2.05, 4.69) is 21.3 Å². The highest BCUT2D eigenvalue weighted by atomic mass is 16.6. The molecule has 0 spiro atoms. The second-order valence-electron chi connectivity index (χ2n) is 12.8. The average Bonchev–Trinajstić information content (AvgIpc) is 2.88. The minimum atomic E-state index is -1.32. The third kappa shape index (κ3) is 14.9. The fourth-order valence-electron chi connectivity index (χ4n) is 4.32. The van der Waals surface area contributed by atoms with Crippen molar-refractivity contribution in [2.75, 3.05) is 0 Å². The molecule has 0 fully saturated rings. The molecule has 0 saturated heterocycles. The molecule has 5 atom stereocenters. The number of hydrogen-bond acceptors (Lipinski definition) is 7. The number of primary amides is 1.